The molecule has 11 heteroatoms. The molecule has 1 amide bonds. The lowest BCUT2D eigenvalue weighted by atomic mass is 10.1. The van der Waals surface area contributed by atoms with E-state index in [0.29, 0.717) is 38.4 Å². The molecule has 2 aromatic rings. The third-order valence-electron chi connectivity index (χ3n) is 6.32. The van der Waals surface area contributed by atoms with Gasteiger partial charge in [0.15, 0.2) is 5.69 Å². The summed E-state index contributed by atoms with van der Waals surface area (Å²) >= 11 is 0. The highest BCUT2D eigenvalue weighted by atomic mass is 19.4. The summed E-state index contributed by atoms with van der Waals surface area (Å²) in [6.45, 7) is 5.19. The van der Waals surface area contributed by atoms with Gasteiger partial charge in [0.2, 0.25) is 0 Å². The number of hydrogen-bond acceptors (Lipinski definition) is 5. The number of alkyl halides is 3. The van der Waals surface area contributed by atoms with Crippen LogP contribution in [-0.2, 0) is 12.7 Å². The molecule has 0 bridgehead atoms. The summed E-state index contributed by atoms with van der Waals surface area (Å²) in [6.07, 6.45) is -1.17. The zero-order valence-electron chi connectivity index (χ0n) is 18.3. The summed E-state index contributed by atoms with van der Waals surface area (Å²) in [5, 5.41) is 12.7. The van der Waals surface area contributed by atoms with Gasteiger partial charge in [-0.1, -0.05) is 6.07 Å². The highest BCUT2D eigenvalue weighted by Gasteiger charge is 2.33. The van der Waals surface area contributed by atoms with Crippen LogP contribution in [0.25, 0.3) is 0 Å². The van der Waals surface area contributed by atoms with Crippen molar-refractivity contribution in [3.63, 3.8) is 0 Å². The number of carbonyl (C=O) groups excluding carboxylic acids is 1. The maximum atomic E-state index is 13.3. The molecular formula is C22H26F3N5O3. The van der Waals surface area contributed by atoms with E-state index in [-0.39, 0.29) is 11.7 Å². The van der Waals surface area contributed by atoms with Crippen molar-refractivity contribution in [2.45, 2.75) is 38.5 Å². The zero-order chi connectivity index (χ0) is 23.8. The van der Waals surface area contributed by atoms with Crippen molar-refractivity contribution in [2.75, 3.05) is 37.6 Å². The van der Waals surface area contributed by atoms with E-state index in [1.165, 1.54) is 18.3 Å². The van der Waals surface area contributed by atoms with E-state index < -0.39 is 23.7 Å². The first-order valence-corrected chi connectivity index (χ1v) is 10.9. The second kappa shape index (κ2) is 9.05. The molecule has 0 unspecified atom stereocenters. The lowest BCUT2D eigenvalue weighted by Gasteiger charge is -2.35. The Morgan fingerprint density at radius 3 is 2.42 bits per heavy atom. The van der Waals surface area contributed by atoms with Gasteiger partial charge < -0.3 is 14.9 Å². The third kappa shape index (κ3) is 4.97. The average molecular weight is 465 g/mol. The van der Waals surface area contributed by atoms with Gasteiger partial charge in [-0.05, 0) is 43.5 Å². The molecule has 33 heavy (non-hydrogen) atoms. The van der Waals surface area contributed by atoms with Crippen LogP contribution >= 0.6 is 0 Å². The van der Waals surface area contributed by atoms with Crippen LogP contribution < -0.4 is 4.90 Å². The Morgan fingerprint density at radius 1 is 1.12 bits per heavy atom. The van der Waals surface area contributed by atoms with Crippen LogP contribution in [0, 0.1) is 0 Å². The Hall–Kier alpha value is -3.08. The smallest absolute Gasteiger partial charge is 0.416 e. The van der Waals surface area contributed by atoms with Gasteiger partial charge in [0, 0.05) is 57.2 Å². The number of piperazine rings is 1. The predicted octanol–water partition coefficient (Wildman–Crippen LogP) is 3.37. The number of aromatic carboxylic acids is 1. The van der Waals surface area contributed by atoms with Crippen LogP contribution in [0.4, 0.5) is 23.7 Å². The molecule has 0 spiro atoms. The number of carboxylic acid groups (broad SMARTS) is 1. The fourth-order valence-electron chi connectivity index (χ4n) is 4.46. The van der Waals surface area contributed by atoms with E-state index in [1.807, 2.05) is 6.92 Å². The van der Waals surface area contributed by atoms with Gasteiger partial charge in [0.05, 0.1) is 5.56 Å². The fourth-order valence-corrected chi connectivity index (χ4v) is 4.46. The number of hydrogen-bond donors (Lipinski definition) is 1. The summed E-state index contributed by atoms with van der Waals surface area (Å²) in [5.74, 6) is -1.20. The maximum Gasteiger partial charge on any atom is 0.416 e. The van der Waals surface area contributed by atoms with E-state index in [1.54, 1.807) is 11.0 Å². The largest absolute Gasteiger partial charge is 0.476 e. The Bertz CT molecular complexity index is 1030. The van der Waals surface area contributed by atoms with Crippen molar-refractivity contribution >= 4 is 17.7 Å². The molecule has 2 saturated heterocycles. The highest BCUT2D eigenvalue weighted by molar-refractivity contribution is 5.86. The van der Waals surface area contributed by atoms with Gasteiger partial charge in [-0.2, -0.15) is 23.0 Å². The van der Waals surface area contributed by atoms with Crippen LogP contribution in [0.5, 0.6) is 0 Å². The molecule has 3 heterocycles. The van der Waals surface area contributed by atoms with E-state index in [4.69, 9.17) is 5.11 Å². The lowest BCUT2D eigenvalue weighted by molar-refractivity contribution is -0.137. The molecule has 2 aliphatic rings. The fraction of sp³-hybridized carbons (Fsp3) is 0.500. The van der Waals surface area contributed by atoms with Crippen LogP contribution in [0.3, 0.4) is 0 Å². The number of carboxylic acids is 1. The predicted molar refractivity (Wildman–Crippen MR) is 114 cm³/mol. The molecule has 4 rings (SSSR count). The number of aromatic nitrogens is 2. The number of benzene rings is 1. The number of rotatable bonds is 4. The molecule has 0 radical (unpaired) electrons. The molecule has 8 nitrogen and oxygen atoms in total. The van der Waals surface area contributed by atoms with E-state index in [2.05, 4.69) is 14.9 Å². The van der Waals surface area contributed by atoms with Crippen LogP contribution in [0.2, 0.25) is 0 Å². The number of nitrogens with zero attached hydrogens (tertiary/aromatic N) is 5. The van der Waals surface area contributed by atoms with Crippen molar-refractivity contribution in [1.82, 2.24) is 19.6 Å². The number of carbonyl (C=O) groups is 2. The Morgan fingerprint density at radius 2 is 1.85 bits per heavy atom. The quantitative estimate of drug-likeness (QED) is 0.746. The first-order chi connectivity index (χ1) is 15.6. The zero-order valence-corrected chi connectivity index (χ0v) is 18.3. The van der Waals surface area contributed by atoms with E-state index in [9.17, 15) is 22.8 Å². The molecule has 178 valence electrons. The van der Waals surface area contributed by atoms with E-state index in [0.717, 1.165) is 35.7 Å². The molecule has 2 aliphatic heterocycles. The molecule has 1 aromatic carbocycles. The monoisotopic (exact) mass is 465 g/mol. The number of halogens is 3. The second-order valence-electron chi connectivity index (χ2n) is 8.52. The maximum absolute atomic E-state index is 13.3. The minimum atomic E-state index is -4.39. The summed E-state index contributed by atoms with van der Waals surface area (Å²) in [5.41, 5.74) is 0.629. The summed E-state index contributed by atoms with van der Waals surface area (Å²) < 4.78 is 41.0. The van der Waals surface area contributed by atoms with Crippen molar-refractivity contribution in [1.29, 1.82) is 0 Å². The lowest BCUT2D eigenvalue weighted by Crippen LogP contribution is -2.49. The topological polar surface area (TPSA) is 81.9 Å². The van der Waals surface area contributed by atoms with Crippen LogP contribution in [-0.4, -0.2) is 75.5 Å². The third-order valence-corrected chi connectivity index (χ3v) is 6.32. The average Bonchev–Trinajstić information content (AvgIpc) is 3.43. The summed E-state index contributed by atoms with van der Waals surface area (Å²) in [6, 6.07) is 5.01. The van der Waals surface area contributed by atoms with Gasteiger partial charge in [0.25, 0.3) is 0 Å². The summed E-state index contributed by atoms with van der Waals surface area (Å²) in [7, 11) is 0. The van der Waals surface area contributed by atoms with Crippen LogP contribution in [0.1, 0.15) is 41.4 Å². The van der Waals surface area contributed by atoms with Gasteiger partial charge in [-0.15, -0.1) is 0 Å². The Labute approximate surface area is 189 Å². The minimum absolute atomic E-state index is 0.187. The van der Waals surface area contributed by atoms with Crippen molar-refractivity contribution in [3.8, 4) is 0 Å². The SMILES string of the molecule is C[C@@H]1CCCN1c1cc(C(F)(F)F)ccc1CN1CCN(C(=O)n2ccc(C(=O)O)n2)CC1. The van der Waals surface area contributed by atoms with E-state index >= 15 is 0 Å². The Balaban J connectivity index is 1.44. The normalized spacial score (nSPS) is 19.8. The van der Waals surface area contributed by atoms with Gasteiger partial charge in [0.1, 0.15) is 0 Å². The number of amides is 1. The van der Waals surface area contributed by atoms with Crippen molar-refractivity contribution < 1.29 is 27.9 Å². The molecule has 2 fully saturated rings. The van der Waals surface area contributed by atoms with Gasteiger partial charge in [-0.25, -0.2) is 9.59 Å². The van der Waals surface area contributed by atoms with Crippen molar-refractivity contribution in [3.05, 3.63) is 47.3 Å². The van der Waals surface area contributed by atoms with Gasteiger partial charge in [-0.3, -0.25) is 4.90 Å². The minimum Gasteiger partial charge on any atom is -0.476 e. The molecule has 1 aromatic heterocycles. The molecule has 0 saturated carbocycles. The number of anilines is 1. The highest BCUT2D eigenvalue weighted by Crippen LogP contribution is 2.36. The van der Waals surface area contributed by atoms with Crippen LogP contribution in [0.15, 0.2) is 30.5 Å². The molecular weight excluding hydrogens is 439 g/mol. The first kappa shape index (κ1) is 23.1. The Kier molecular flexibility index (Phi) is 6.33. The standard InChI is InChI=1S/C22H26F3N5O3/c1-15-3-2-7-29(15)19-13-17(22(23,24)25)5-4-16(19)14-27-9-11-28(12-10-27)21(33)30-8-6-18(26-30)20(31)32/h4-6,8,13,15H,2-3,7,9-12,14H2,1H3,(H,31,32)/t15-/m1/s1. The van der Waals surface area contributed by atoms with Crippen molar-refractivity contribution in [2.24, 2.45) is 0 Å². The first-order valence-electron chi connectivity index (χ1n) is 10.9. The summed E-state index contributed by atoms with van der Waals surface area (Å²) in [4.78, 5) is 29.3. The van der Waals surface area contributed by atoms with Gasteiger partial charge >= 0.3 is 18.2 Å². The molecule has 0 aliphatic carbocycles. The second-order valence-corrected chi connectivity index (χ2v) is 8.52. The molecule has 1 N–H and O–H groups in total. The molecule has 1 atom stereocenters.